The normalized spacial score (nSPS) is 11.2. The zero-order chi connectivity index (χ0) is 15.2. The average Bonchev–Trinajstić information content (AvgIpc) is 2.52. The van der Waals surface area contributed by atoms with Gasteiger partial charge in [0.25, 0.3) is 5.91 Å². The molecule has 108 valence electrons. The predicted octanol–water partition coefficient (Wildman–Crippen LogP) is 2.02. The van der Waals surface area contributed by atoms with E-state index in [-0.39, 0.29) is 11.7 Å². The molecule has 5 heteroatoms. The molecule has 0 unspecified atom stereocenters. The Balaban J connectivity index is 2.07. The number of carbonyl (C=O) groups is 1. The number of hydrogen-bond acceptors (Lipinski definition) is 3. The Morgan fingerprint density at radius 3 is 2.71 bits per heavy atom. The lowest BCUT2D eigenvalue weighted by Crippen LogP contribution is -2.23. The number of rotatable bonds is 4. The summed E-state index contributed by atoms with van der Waals surface area (Å²) >= 11 is 0. The van der Waals surface area contributed by atoms with Gasteiger partial charge in [0, 0.05) is 17.7 Å². The number of benzene rings is 2. The largest absolute Gasteiger partial charge is 0.409 e. The molecule has 5 nitrogen and oxygen atoms in total. The van der Waals surface area contributed by atoms with Crippen molar-refractivity contribution in [1.29, 1.82) is 0 Å². The molecule has 1 amide bonds. The average molecular weight is 283 g/mol. The van der Waals surface area contributed by atoms with Crippen LogP contribution in [0.25, 0.3) is 0 Å². The van der Waals surface area contributed by atoms with Crippen molar-refractivity contribution in [2.24, 2.45) is 10.9 Å². The van der Waals surface area contributed by atoms with Crippen LogP contribution >= 0.6 is 0 Å². The number of carbonyl (C=O) groups excluding carboxylic acids is 1. The number of aryl methyl sites for hydroxylation is 1. The van der Waals surface area contributed by atoms with E-state index in [0.29, 0.717) is 17.7 Å². The fourth-order valence-electron chi connectivity index (χ4n) is 2.00. The molecule has 0 heterocycles. The van der Waals surface area contributed by atoms with E-state index in [1.807, 2.05) is 31.2 Å². The van der Waals surface area contributed by atoms with Crippen LogP contribution in [0.1, 0.15) is 27.0 Å². The van der Waals surface area contributed by atoms with E-state index >= 15 is 0 Å². The molecule has 0 aliphatic carbocycles. The molecular formula is C16H17N3O2. The highest BCUT2D eigenvalue weighted by atomic mass is 16.4. The Labute approximate surface area is 123 Å². The number of oxime groups is 1. The number of amides is 1. The van der Waals surface area contributed by atoms with Crippen LogP contribution in [0.15, 0.2) is 53.7 Å². The van der Waals surface area contributed by atoms with Crippen LogP contribution in [0.5, 0.6) is 0 Å². The van der Waals surface area contributed by atoms with Gasteiger partial charge < -0.3 is 16.3 Å². The van der Waals surface area contributed by atoms with Gasteiger partial charge in [0.05, 0.1) is 0 Å². The van der Waals surface area contributed by atoms with E-state index in [2.05, 4.69) is 10.5 Å². The van der Waals surface area contributed by atoms with E-state index in [9.17, 15) is 4.79 Å². The van der Waals surface area contributed by atoms with Gasteiger partial charge in [-0.1, -0.05) is 41.6 Å². The Bertz CT molecular complexity index is 681. The van der Waals surface area contributed by atoms with Gasteiger partial charge in [0.15, 0.2) is 5.84 Å². The van der Waals surface area contributed by atoms with Crippen LogP contribution in [0, 0.1) is 6.92 Å². The van der Waals surface area contributed by atoms with Crippen LogP contribution in [0.2, 0.25) is 0 Å². The zero-order valence-corrected chi connectivity index (χ0v) is 11.7. The van der Waals surface area contributed by atoms with Crippen molar-refractivity contribution in [2.45, 2.75) is 13.5 Å². The monoisotopic (exact) mass is 283 g/mol. The van der Waals surface area contributed by atoms with Gasteiger partial charge in [-0.15, -0.1) is 0 Å². The van der Waals surface area contributed by atoms with Crippen molar-refractivity contribution in [3.63, 3.8) is 0 Å². The maximum atomic E-state index is 12.1. The van der Waals surface area contributed by atoms with Crippen LogP contribution < -0.4 is 11.1 Å². The Kier molecular flexibility index (Phi) is 4.56. The summed E-state index contributed by atoms with van der Waals surface area (Å²) < 4.78 is 0. The highest BCUT2D eigenvalue weighted by Gasteiger charge is 2.08. The van der Waals surface area contributed by atoms with Crippen LogP contribution in [-0.2, 0) is 6.54 Å². The molecule has 0 aliphatic heterocycles. The maximum absolute atomic E-state index is 12.1. The summed E-state index contributed by atoms with van der Waals surface area (Å²) in [7, 11) is 0. The second kappa shape index (κ2) is 6.56. The number of hydrogen-bond donors (Lipinski definition) is 3. The van der Waals surface area contributed by atoms with E-state index in [0.717, 1.165) is 11.1 Å². The molecule has 0 aliphatic rings. The van der Waals surface area contributed by atoms with E-state index in [1.54, 1.807) is 24.3 Å². The summed E-state index contributed by atoms with van der Waals surface area (Å²) in [5.41, 5.74) is 8.62. The quantitative estimate of drug-likeness (QED) is 0.347. The van der Waals surface area contributed by atoms with Gasteiger partial charge in [-0.3, -0.25) is 4.79 Å². The lowest BCUT2D eigenvalue weighted by atomic mass is 10.1. The first-order chi connectivity index (χ1) is 10.1. The first kappa shape index (κ1) is 14.6. The summed E-state index contributed by atoms with van der Waals surface area (Å²) in [4.78, 5) is 12.1. The predicted molar refractivity (Wildman–Crippen MR) is 81.3 cm³/mol. The number of amidine groups is 1. The smallest absolute Gasteiger partial charge is 0.251 e. The Morgan fingerprint density at radius 2 is 2.00 bits per heavy atom. The summed E-state index contributed by atoms with van der Waals surface area (Å²) in [5, 5.41) is 14.5. The van der Waals surface area contributed by atoms with Gasteiger partial charge in [0.1, 0.15) is 0 Å². The molecule has 2 aromatic carbocycles. The molecule has 0 spiro atoms. The molecule has 0 saturated carbocycles. The van der Waals surface area contributed by atoms with E-state index in [4.69, 9.17) is 10.9 Å². The molecule has 0 bridgehead atoms. The molecule has 0 radical (unpaired) electrons. The van der Waals surface area contributed by atoms with Gasteiger partial charge >= 0.3 is 0 Å². The molecule has 0 saturated heterocycles. The van der Waals surface area contributed by atoms with Crippen molar-refractivity contribution in [1.82, 2.24) is 5.32 Å². The molecule has 0 atom stereocenters. The van der Waals surface area contributed by atoms with E-state index in [1.165, 1.54) is 0 Å². The minimum atomic E-state index is -0.123. The fraction of sp³-hybridized carbons (Fsp3) is 0.125. The highest BCUT2D eigenvalue weighted by molar-refractivity contribution is 5.97. The molecular weight excluding hydrogens is 266 g/mol. The summed E-state index contributed by atoms with van der Waals surface area (Å²) in [6, 6.07) is 14.6. The molecule has 2 aromatic rings. The second-order valence-corrected chi connectivity index (χ2v) is 4.68. The van der Waals surface area contributed by atoms with Gasteiger partial charge in [0.2, 0.25) is 0 Å². The maximum Gasteiger partial charge on any atom is 0.251 e. The number of nitrogens with two attached hydrogens (primary N) is 1. The summed E-state index contributed by atoms with van der Waals surface area (Å²) in [5.74, 6) is -0.0793. The third-order valence-electron chi connectivity index (χ3n) is 3.17. The standard InChI is InChI=1S/C16H17N3O2/c1-11-5-2-3-8-14(11)16(20)18-10-12-6-4-7-13(9-12)15(17)19-21/h2-9,21H,10H2,1H3,(H2,17,19)(H,18,20). The highest BCUT2D eigenvalue weighted by Crippen LogP contribution is 2.08. The lowest BCUT2D eigenvalue weighted by molar-refractivity contribution is 0.0950. The van der Waals surface area contributed by atoms with E-state index < -0.39 is 0 Å². The lowest BCUT2D eigenvalue weighted by Gasteiger charge is -2.08. The minimum absolute atomic E-state index is 0.0436. The minimum Gasteiger partial charge on any atom is -0.409 e. The van der Waals surface area contributed by atoms with Crippen molar-refractivity contribution in [3.05, 3.63) is 70.8 Å². The fourth-order valence-corrected chi connectivity index (χ4v) is 2.00. The first-order valence-corrected chi connectivity index (χ1v) is 6.52. The Hall–Kier alpha value is -2.82. The summed E-state index contributed by atoms with van der Waals surface area (Å²) in [6.45, 7) is 2.27. The molecule has 0 fully saturated rings. The molecule has 2 rings (SSSR count). The van der Waals surface area contributed by atoms with Gasteiger partial charge in [-0.2, -0.15) is 0 Å². The van der Waals surface area contributed by atoms with Gasteiger partial charge in [-0.25, -0.2) is 0 Å². The first-order valence-electron chi connectivity index (χ1n) is 6.52. The third kappa shape index (κ3) is 3.60. The third-order valence-corrected chi connectivity index (χ3v) is 3.17. The van der Waals surface area contributed by atoms with Crippen molar-refractivity contribution in [2.75, 3.05) is 0 Å². The van der Waals surface area contributed by atoms with Crippen molar-refractivity contribution in [3.8, 4) is 0 Å². The van der Waals surface area contributed by atoms with Gasteiger partial charge in [-0.05, 0) is 30.2 Å². The SMILES string of the molecule is Cc1ccccc1C(=O)NCc1cccc(C(N)=NO)c1. The second-order valence-electron chi connectivity index (χ2n) is 4.68. The number of nitrogens with zero attached hydrogens (tertiary/aromatic N) is 1. The molecule has 21 heavy (non-hydrogen) atoms. The molecule has 0 aromatic heterocycles. The van der Waals surface area contributed by atoms with Crippen LogP contribution in [0.3, 0.4) is 0 Å². The van der Waals surface area contributed by atoms with Crippen molar-refractivity contribution >= 4 is 11.7 Å². The van der Waals surface area contributed by atoms with Crippen LogP contribution in [0.4, 0.5) is 0 Å². The topological polar surface area (TPSA) is 87.7 Å². The van der Waals surface area contributed by atoms with Crippen molar-refractivity contribution < 1.29 is 10.0 Å². The molecule has 4 N–H and O–H groups in total. The van der Waals surface area contributed by atoms with Crippen LogP contribution in [-0.4, -0.2) is 17.0 Å². The Morgan fingerprint density at radius 1 is 1.24 bits per heavy atom. The zero-order valence-electron chi connectivity index (χ0n) is 11.7. The summed E-state index contributed by atoms with van der Waals surface area (Å²) in [6.07, 6.45) is 0. The number of nitrogens with one attached hydrogen (secondary N) is 1.